The van der Waals surface area contributed by atoms with Gasteiger partial charge in [-0.1, -0.05) is 12.0 Å². The number of aromatic nitrogens is 3. The van der Waals surface area contributed by atoms with Crippen molar-refractivity contribution in [3.8, 4) is 41.2 Å². The fourth-order valence-electron chi connectivity index (χ4n) is 5.92. The number of halogens is 3. The minimum Gasteiger partial charge on any atom is -0.508 e. The number of pyridine rings is 1. The summed E-state index contributed by atoms with van der Waals surface area (Å²) in [5, 5.41) is 11.2. The van der Waals surface area contributed by atoms with Crippen LogP contribution in [0.2, 0.25) is 0 Å². The van der Waals surface area contributed by atoms with Gasteiger partial charge in [-0.3, -0.25) is 4.90 Å². The number of fused-ring (bicyclic) bond motifs is 2. The Bertz CT molecular complexity index is 1700. The molecule has 0 radical (unpaired) electrons. The molecular weight excluding hydrogens is 535 g/mol. The van der Waals surface area contributed by atoms with Crippen LogP contribution < -0.4 is 14.4 Å². The second kappa shape index (κ2) is 10.6. The lowest BCUT2D eigenvalue weighted by Crippen LogP contribution is -2.22. The van der Waals surface area contributed by atoms with E-state index in [4.69, 9.17) is 15.9 Å². The Labute approximate surface area is 234 Å². The normalized spacial score (nSPS) is 19.8. The zero-order valence-corrected chi connectivity index (χ0v) is 22.6. The Morgan fingerprint density at radius 1 is 1.15 bits per heavy atom. The molecule has 0 aliphatic carbocycles. The molecule has 41 heavy (non-hydrogen) atoms. The van der Waals surface area contributed by atoms with Crippen molar-refractivity contribution >= 4 is 27.5 Å². The first-order chi connectivity index (χ1) is 19.8. The van der Waals surface area contributed by atoms with Crippen LogP contribution in [0.3, 0.4) is 0 Å². The van der Waals surface area contributed by atoms with Gasteiger partial charge in [-0.25, -0.2) is 18.2 Å². The summed E-state index contributed by atoms with van der Waals surface area (Å²) in [5.41, 5.74) is -0.211. The lowest BCUT2D eigenvalue weighted by molar-refractivity contribution is 0.292. The average molecular weight is 564 g/mol. The highest BCUT2D eigenvalue weighted by molar-refractivity contribution is 6.04. The molecule has 0 bridgehead atoms. The zero-order valence-electron chi connectivity index (χ0n) is 22.6. The van der Waals surface area contributed by atoms with E-state index in [2.05, 4.69) is 25.8 Å². The average Bonchev–Trinajstić information content (AvgIpc) is 3.50. The maximum atomic E-state index is 15.9. The lowest BCUT2D eigenvalue weighted by atomic mass is 9.95. The lowest BCUT2D eigenvalue weighted by Gasteiger charge is -2.17. The van der Waals surface area contributed by atoms with E-state index in [0.717, 1.165) is 13.0 Å². The number of alkyl halides is 1. The Hall–Kier alpha value is -4.30. The molecule has 8 nitrogen and oxygen atoms in total. The van der Waals surface area contributed by atoms with Crippen LogP contribution >= 0.6 is 0 Å². The minimum absolute atomic E-state index is 0.0284. The number of likely N-dealkylation sites (N-methyl/N-ethyl adjacent to an activating group) is 1. The Morgan fingerprint density at radius 3 is 2.73 bits per heavy atom. The Morgan fingerprint density at radius 2 is 1.98 bits per heavy atom. The number of anilines is 1. The molecule has 0 amide bonds. The van der Waals surface area contributed by atoms with Crippen LogP contribution in [0.25, 0.3) is 32.9 Å². The Balaban J connectivity index is 0.000000283. The fourth-order valence-corrected chi connectivity index (χ4v) is 5.92. The molecule has 4 aromatic rings. The van der Waals surface area contributed by atoms with E-state index >= 15 is 4.39 Å². The van der Waals surface area contributed by atoms with Crippen molar-refractivity contribution in [2.45, 2.75) is 31.5 Å². The number of rotatable bonds is 2. The minimum atomic E-state index is -0.802. The third-order valence-corrected chi connectivity index (χ3v) is 7.83. The molecule has 2 atom stereocenters. The van der Waals surface area contributed by atoms with E-state index < -0.39 is 17.8 Å². The molecular formula is C30H28F3N5O3. The summed E-state index contributed by atoms with van der Waals surface area (Å²) in [4.78, 5) is 17.0. The van der Waals surface area contributed by atoms with Crippen LogP contribution in [-0.2, 0) is 0 Å². The van der Waals surface area contributed by atoms with Crippen molar-refractivity contribution in [3.63, 3.8) is 0 Å². The number of phenols is 1. The van der Waals surface area contributed by atoms with E-state index in [9.17, 15) is 13.9 Å². The van der Waals surface area contributed by atoms with Crippen LogP contribution in [-0.4, -0.2) is 77.6 Å². The number of hydrogen-bond donors (Lipinski definition) is 1. The molecule has 3 aliphatic heterocycles. The monoisotopic (exact) mass is 563 g/mol. The molecule has 212 valence electrons. The van der Waals surface area contributed by atoms with Crippen LogP contribution in [0.4, 0.5) is 19.0 Å². The van der Waals surface area contributed by atoms with E-state index in [0.29, 0.717) is 35.7 Å². The molecule has 0 saturated carbocycles. The van der Waals surface area contributed by atoms with Crippen LogP contribution in [0, 0.1) is 24.0 Å². The molecule has 1 N–H and O–H groups in total. The second-order valence-electron chi connectivity index (χ2n) is 10.4. The largest absolute Gasteiger partial charge is 0.508 e. The summed E-state index contributed by atoms with van der Waals surface area (Å²) in [6.45, 7) is 2.60. The SMILES string of the molecule is C#Cc1c(F)ccc2cc(O)cc(-c3nc4c5c(nc(OC)nc5c3F)N(C)CCO4)c12.FC1CC2CCCN2C1. The first kappa shape index (κ1) is 26.9. The molecule has 11 heteroatoms. The van der Waals surface area contributed by atoms with Crippen molar-refractivity contribution < 1.29 is 27.8 Å². The number of aromatic hydroxyl groups is 1. The van der Waals surface area contributed by atoms with Gasteiger partial charge in [0.05, 0.1) is 19.2 Å². The van der Waals surface area contributed by atoms with Gasteiger partial charge in [-0.2, -0.15) is 9.97 Å². The van der Waals surface area contributed by atoms with E-state index in [-0.39, 0.29) is 52.0 Å². The summed E-state index contributed by atoms with van der Waals surface area (Å²) in [6, 6.07) is 5.94. The van der Waals surface area contributed by atoms with Crippen molar-refractivity contribution in [1.29, 1.82) is 0 Å². The first-order valence-corrected chi connectivity index (χ1v) is 13.4. The topological polar surface area (TPSA) is 83.8 Å². The van der Waals surface area contributed by atoms with Crippen LogP contribution in [0.1, 0.15) is 24.8 Å². The quantitative estimate of drug-likeness (QED) is 0.347. The molecule has 2 fully saturated rings. The molecule has 3 aliphatic rings. The number of terminal acetylenes is 1. The van der Waals surface area contributed by atoms with Crippen molar-refractivity contribution in [3.05, 3.63) is 41.5 Å². The molecule has 2 unspecified atom stereocenters. The van der Waals surface area contributed by atoms with Crippen LogP contribution in [0.15, 0.2) is 24.3 Å². The van der Waals surface area contributed by atoms with Gasteiger partial charge in [0.2, 0.25) is 5.88 Å². The van der Waals surface area contributed by atoms with E-state index in [1.165, 1.54) is 44.2 Å². The van der Waals surface area contributed by atoms with Gasteiger partial charge < -0.3 is 19.5 Å². The molecule has 0 spiro atoms. The number of methoxy groups -OCH3 is 1. The van der Waals surface area contributed by atoms with Gasteiger partial charge in [-0.05, 0) is 49.4 Å². The van der Waals surface area contributed by atoms with E-state index in [1.807, 2.05) is 0 Å². The Kier molecular flexibility index (Phi) is 6.95. The summed E-state index contributed by atoms with van der Waals surface area (Å²) in [7, 11) is 3.17. The molecule has 5 heterocycles. The zero-order chi connectivity index (χ0) is 28.8. The van der Waals surface area contributed by atoms with Gasteiger partial charge in [0.25, 0.3) is 0 Å². The smallest absolute Gasteiger partial charge is 0.318 e. The predicted molar refractivity (Wildman–Crippen MR) is 149 cm³/mol. The number of ether oxygens (including phenoxy) is 2. The second-order valence-corrected chi connectivity index (χ2v) is 10.4. The van der Waals surface area contributed by atoms with Crippen molar-refractivity contribution in [1.82, 2.24) is 19.9 Å². The number of hydrogen-bond acceptors (Lipinski definition) is 8. The molecule has 7 rings (SSSR count). The van der Waals surface area contributed by atoms with E-state index in [1.54, 1.807) is 11.9 Å². The van der Waals surface area contributed by atoms with Gasteiger partial charge >= 0.3 is 6.01 Å². The first-order valence-electron chi connectivity index (χ1n) is 13.4. The molecule has 2 aromatic carbocycles. The third-order valence-electron chi connectivity index (χ3n) is 7.83. The highest BCUT2D eigenvalue weighted by Gasteiger charge is 2.34. The standard InChI is InChI=1S/C23H16F2N4O3.C7H12FN/c1-4-13-15(24)6-5-11-9-12(30)10-14(16(11)13)19-18(25)20-17-21(28-23(27-20)31-3)29(2)7-8-32-22(17)26-19;8-6-4-7-2-1-3-9(7)5-6/h1,5-6,9-10,30H,7-8H2,2-3H3;6-7H,1-5H2. The summed E-state index contributed by atoms with van der Waals surface area (Å²) < 4.78 is 54.0. The van der Waals surface area contributed by atoms with Gasteiger partial charge in [0.1, 0.15) is 46.8 Å². The fraction of sp³-hybridized carbons (Fsp3) is 0.367. The summed E-state index contributed by atoms with van der Waals surface area (Å²) in [5.74, 6) is 1.24. The predicted octanol–water partition coefficient (Wildman–Crippen LogP) is 4.84. The third kappa shape index (κ3) is 4.72. The van der Waals surface area contributed by atoms with Gasteiger partial charge in [0.15, 0.2) is 5.82 Å². The summed E-state index contributed by atoms with van der Waals surface area (Å²) >= 11 is 0. The number of benzene rings is 2. The molecule has 2 saturated heterocycles. The maximum absolute atomic E-state index is 15.9. The summed E-state index contributed by atoms with van der Waals surface area (Å²) in [6.07, 6.45) is 8.37. The maximum Gasteiger partial charge on any atom is 0.318 e. The molecule has 2 aromatic heterocycles. The van der Waals surface area contributed by atoms with Gasteiger partial charge in [0, 0.05) is 30.6 Å². The number of nitrogens with zero attached hydrogens (tertiary/aromatic N) is 5. The highest BCUT2D eigenvalue weighted by Crippen LogP contribution is 2.42. The van der Waals surface area contributed by atoms with Crippen molar-refractivity contribution in [2.75, 3.05) is 45.3 Å². The van der Waals surface area contributed by atoms with Crippen molar-refractivity contribution in [2.24, 2.45) is 0 Å². The van der Waals surface area contributed by atoms with Crippen LogP contribution in [0.5, 0.6) is 17.6 Å². The number of phenolic OH excluding ortho intramolecular Hbond substituents is 1. The van der Waals surface area contributed by atoms with Gasteiger partial charge in [-0.15, -0.1) is 6.42 Å². The highest BCUT2D eigenvalue weighted by atomic mass is 19.1.